The molecule has 0 unspecified atom stereocenters. The summed E-state index contributed by atoms with van der Waals surface area (Å²) in [5, 5.41) is 3.50. The second-order valence-electron chi connectivity index (χ2n) is 6.06. The third-order valence-corrected chi connectivity index (χ3v) is 4.53. The van der Waals surface area contributed by atoms with Crippen LogP contribution in [0.5, 0.6) is 5.75 Å². The Labute approximate surface area is 158 Å². The minimum atomic E-state index is -0.215. The molecule has 1 heterocycles. The predicted molar refractivity (Wildman–Crippen MR) is 104 cm³/mol. The summed E-state index contributed by atoms with van der Waals surface area (Å²) in [6.45, 7) is 4.92. The van der Waals surface area contributed by atoms with Crippen molar-refractivity contribution in [3.8, 4) is 5.75 Å². The van der Waals surface area contributed by atoms with Crippen molar-refractivity contribution in [1.29, 1.82) is 0 Å². The van der Waals surface area contributed by atoms with Gasteiger partial charge in [-0.05, 0) is 36.2 Å². The summed E-state index contributed by atoms with van der Waals surface area (Å²) in [7, 11) is 0. The van der Waals surface area contributed by atoms with Gasteiger partial charge in [0.15, 0.2) is 6.61 Å². The van der Waals surface area contributed by atoms with Crippen molar-refractivity contribution in [3.05, 3.63) is 53.1 Å². The highest BCUT2D eigenvalue weighted by Gasteiger charge is 2.17. The number of nitrogens with zero attached hydrogens (tertiary/aromatic N) is 1. The first kappa shape index (κ1) is 18.5. The lowest BCUT2D eigenvalue weighted by atomic mass is 10.1. The summed E-state index contributed by atoms with van der Waals surface area (Å²) in [6.07, 6.45) is 0.854. The van der Waals surface area contributed by atoms with E-state index >= 15 is 0 Å². The highest BCUT2D eigenvalue weighted by atomic mass is 35.5. The van der Waals surface area contributed by atoms with Crippen LogP contribution < -0.4 is 15.0 Å². The van der Waals surface area contributed by atoms with Crippen LogP contribution in [0, 0.1) is 0 Å². The number of morpholine rings is 1. The molecular formula is C20H23ClN2O3. The number of benzene rings is 2. The molecular weight excluding hydrogens is 352 g/mol. The monoisotopic (exact) mass is 374 g/mol. The highest BCUT2D eigenvalue weighted by molar-refractivity contribution is 6.31. The molecule has 1 aliphatic heterocycles. The molecule has 1 saturated heterocycles. The fourth-order valence-electron chi connectivity index (χ4n) is 2.95. The minimum Gasteiger partial charge on any atom is -0.483 e. The number of amides is 1. The Kier molecular flexibility index (Phi) is 6.36. The van der Waals surface area contributed by atoms with Crippen LogP contribution in [0.3, 0.4) is 0 Å². The lowest BCUT2D eigenvalue weighted by Gasteiger charge is -2.30. The average molecular weight is 375 g/mol. The van der Waals surface area contributed by atoms with Crippen LogP contribution in [0.15, 0.2) is 42.5 Å². The quantitative estimate of drug-likeness (QED) is 0.836. The number of carbonyl (C=O) groups excluding carboxylic acids is 1. The minimum absolute atomic E-state index is 0.0495. The van der Waals surface area contributed by atoms with E-state index in [0.29, 0.717) is 23.9 Å². The predicted octanol–water partition coefficient (Wildman–Crippen LogP) is 3.76. The lowest BCUT2D eigenvalue weighted by molar-refractivity contribution is -0.118. The van der Waals surface area contributed by atoms with Crippen LogP contribution in [0.4, 0.5) is 11.4 Å². The molecule has 0 aromatic heterocycles. The second kappa shape index (κ2) is 8.92. The molecule has 2 aromatic carbocycles. The maximum absolute atomic E-state index is 12.4. The van der Waals surface area contributed by atoms with Crippen molar-refractivity contribution < 1.29 is 14.3 Å². The number of hydrogen-bond acceptors (Lipinski definition) is 4. The molecule has 2 aromatic rings. The van der Waals surface area contributed by atoms with Gasteiger partial charge in [-0.15, -0.1) is 0 Å². The maximum Gasteiger partial charge on any atom is 0.262 e. The number of nitrogens with one attached hydrogen (secondary N) is 1. The summed E-state index contributed by atoms with van der Waals surface area (Å²) in [5.74, 6) is 0.525. The van der Waals surface area contributed by atoms with Crippen molar-refractivity contribution in [2.24, 2.45) is 0 Å². The molecule has 6 heteroatoms. The summed E-state index contributed by atoms with van der Waals surface area (Å²) < 4.78 is 11.1. The van der Waals surface area contributed by atoms with Crippen LogP contribution in [-0.2, 0) is 16.0 Å². The standard InChI is InChI=1S/C20H23ClN2O3/c1-2-15-5-3-4-6-19(15)26-14-20(24)22-17-13-16(21)7-8-18(17)23-9-11-25-12-10-23/h3-8,13H,2,9-12,14H2,1H3,(H,22,24). The fraction of sp³-hybridized carbons (Fsp3) is 0.350. The summed E-state index contributed by atoms with van der Waals surface area (Å²) in [5.41, 5.74) is 2.72. The molecule has 0 spiro atoms. The van der Waals surface area contributed by atoms with E-state index in [1.807, 2.05) is 36.4 Å². The van der Waals surface area contributed by atoms with Gasteiger partial charge in [-0.2, -0.15) is 0 Å². The van der Waals surface area contributed by atoms with Crippen LogP contribution >= 0.6 is 11.6 Å². The molecule has 5 nitrogen and oxygen atoms in total. The molecule has 1 fully saturated rings. The first-order valence-electron chi connectivity index (χ1n) is 8.80. The van der Waals surface area contributed by atoms with Gasteiger partial charge >= 0.3 is 0 Å². The summed E-state index contributed by atoms with van der Waals surface area (Å²) in [6, 6.07) is 13.3. The second-order valence-corrected chi connectivity index (χ2v) is 6.50. The lowest BCUT2D eigenvalue weighted by Crippen LogP contribution is -2.37. The molecule has 0 radical (unpaired) electrons. The van der Waals surface area contributed by atoms with E-state index in [9.17, 15) is 4.79 Å². The Morgan fingerprint density at radius 2 is 2.00 bits per heavy atom. The molecule has 0 aliphatic carbocycles. The van der Waals surface area contributed by atoms with E-state index in [1.54, 1.807) is 6.07 Å². The smallest absolute Gasteiger partial charge is 0.262 e. The first-order chi connectivity index (χ1) is 12.7. The van der Waals surface area contributed by atoms with Gasteiger partial charge in [0.1, 0.15) is 5.75 Å². The van der Waals surface area contributed by atoms with Crippen molar-refractivity contribution >= 4 is 28.9 Å². The Balaban J connectivity index is 1.67. The third-order valence-electron chi connectivity index (χ3n) is 4.30. The zero-order valence-electron chi connectivity index (χ0n) is 14.8. The number of rotatable bonds is 6. The van der Waals surface area contributed by atoms with Gasteiger partial charge in [0, 0.05) is 18.1 Å². The van der Waals surface area contributed by atoms with Crippen LogP contribution in [0.25, 0.3) is 0 Å². The molecule has 0 atom stereocenters. The van der Waals surface area contributed by atoms with Crippen LogP contribution in [-0.4, -0.2) is 38.8 Å². The van der Waals surface area contributed by atoms with Crippen LogP contribution in [0.2, 0.25) is 5.02 Å². The fourth-order valence-corrected chi connectivity index (χ4v) is 3.13. The van der Waals surface area contributed by atoms with E-state index in [-0.39, 0.29) is 12.5 Å². The van der Waals surface area contributed by atoms with Crippen molar-refractivity contribution in [1.82, 2.24) is 0 Å². The van der Waals surface area contributed by atoms with E-state index in [4.69, 9.17) is 21.1 Å². The highest BCUT2D eigenvalue weighted by Crippen LogP contribution is 2.30. The molecule has 138 valence electrons. The number of carbonyl (C=O) groups is 1. The summed E-state index contributed by atoms with van der Waals surface area (Å²) in [4.78, 5) is 14.6. The number of hydrogen-bond donors (Lipinski definition) is 1. The van der Waals surface area contributed by atoms with Gasteiger partial charge in [0.2, 0.25) is 0 Å². The van der Waals surface area contributed by atoms with E-state index in [2.05, 4.69) is 17.1 Å². The topological polar surface area (TPSA) is 50.8 Å². The Bertz CT molecular complexity index is 760. The maximum atomic E-state index is 12.4. The molecule has 0 saturated carbocycles. The van der Waals surface area contributed by atoms with E-state index in [0.717, 1.165) is 36.5 Å². The van der Waals surface area contributed by atoms with Gasteiger partial charge in [-0.25, -0.2) is 0 Å². The average Bonchev–Trinajstić information content (AvgIpc) is 2.67. The molecule has 1 amide bonds. The van der Waals surface area contributed by atoms with Gasteiger partial charge < -0.3 is 19.7 Å². The number of ether oxygens (including phenoxy) is 2. The van der Waals surface area contributed by atoms with Crippen molar-refractivity contribution in [3.63, 3.8) is 0 Å². The molecule has 3 rings (SSSR count). The normalized spacial score (nSPS) is 14.2. The van der Waals surface area contributed by atoms with Gasteiger partial charge in [-0.1, -0.05) is 36.7 Å². The third kappa shape index (κ3) is 4.68. The summed E-state index contributed by atoms with van der Waals surface area (Å²) >= 11 is 6.13. The number of para-hydroxylation sites is 1. The molecule has 1 N–H and O–H groups in total. The van der Waals surface area contributed by atoms with Crippen molar-refractivity contribution in [2.75, 3.05) is 43.1 Å². The largest absolute Gasteiger partial charge is 0.483 e. The Hall–Kier alpha value is -2.24. The molecule has 0 bridgehead atoms. The van der Waals surface area contributed by atoms with Gasteiger partial charge in [-0.3, -0.25) is 4.79 Å². The zero-order valence-corrected chi connectivity index (χ0v) is 15.6. The molecule has 1 aliphatic rings. The van der Waals surface area contributed by atoms with E-state index in [1.165, 1.54) is 0 Å². The van der Waals surface area contributed by atoms with Gasteiger partial charge in [0.05, 0.1) is 24.6 Å². The zero-order chi connectivity index (χ0) is 18.4. The number of halogens is 1. The Morgan fingerprint density at radius 1 is 1.23 bits per heavy atom. The van der Waals surface area contributed by atoms with E-state index < -0.39 is 0 Å². The number of anilines is 2. The van der Waals surface area contributed by atoms with Gasteiger partial charge in [0.25, 0.3) is 5.91 Å². The Morgan fingerprint density at radius 3 is 2.77 bits per heavy atom. The van der Waals surface area contributed by atoms with Crippen molar-refractivity contribution in [2.45, 2.75) is 13.3 Å². The SMILES string of the molecule is CCc1ccccc1OCC(=O)Nc1cc(Cl)ccc1N1CCOCC1. The molecule has 26 heavy (non-hydrogen) atoms. The first-order valence-corrected chi connectivity index (χ1v) is 9.18. The number of aryl methyl sites for hydroxylation is 1. The van der Waals surface area contributed by atoms with Crippen LogP contribution in [0.1, 0.15) is 12.5 Å².